The van der Waals surface area contributed by atoms with E-state index in [4.69, 9.17) is 22.1 Å². The van der Waals surface area contributed by atoms with Crippen LogP contribution >= 0.6 is 11.6 Å². The summed E-state index contributed by atoms with van der Waals surface area (Å²) in [6.45, 7) is 4.83. The van der Waals surface area contributed by atoms with Crippen molar-refractivity contribution >= 4 is 34.4 Å². The second kappa shape index (κ2) is 8.23. The summed E-state index contributed by atoms with van der Waals surface area (Å²) < 4.78 is 5.13. The Morgan fingerprint density at radius 2 is 2.00 bits per heavy atom. The molecule has 2 heterocycles. The highest BCUT2D eigenvalue weighted by Gasteiger charge is 2.22. The lowest BCUT2D eigenvalue weighted by Gasteiger charge is -2.35. The normalized spacial score (nSPS) is 15.0. The van der Waals surface area contributed by atoms with Gasteiger partial charge in [-0.15, -0.1) is 0 Å². The lowest BCUT2D eigenvalue weighted by molar-refractivity contribution is 0.174. The van der Waals surface area contributed by atoms with Crippen LogP contribution in [0.3, 0.4) is 0 Å². The van der Waals surface area contributed by atoms with E-state index in [1.54, 1.807) is 19.1 Å². The van der Waals surface area contributed by atoms with Crippen LogP contribution in [0.1, 0.15) is 23.9 Å². The number of hydrogen-bond acceptors (Lipinski definition) is 6. The first-order valence-electron chi connectivity index (χ1n) is 9.48. The number of fused-ring (bicyclic) bond motifs is 1. The fourth-order valence-electron chi connectivity index (χ4n) is 3.46. The molecule has 0 spiro atoms. The topological polar surface area (TPSA) is 93.4 Å². The number of nitrogens with zero attached hydrogens (tertiary/aromatic N) is 3. The molecular formula is C21H22ClN5O2. The number of nitrogens with two attached hydrogens (primary N) is 1. The molecule has 0 saturated carbocycles. The predicted molar refractivity (Wildman–Crippen MR) is 113 cm³/mol. The van der Waals surface area contributed by atoms with Gasteiger partial charge in [-0.1, -0.05) is 29.8 Å². The molecule has 1 amide bonds. The molecule has 0 bridgehead atoms. The summed E-state index contributed by atoms with van der Waals surface area (Å²) in [5.41, 5.74) is 6.86. The second-order valence-corrected chi connectivity index (χ2v) is 7.53. The van der Waals surface area contributed by atoms with Gasteiger partial charge >= 0.3 is 6.09 Å². The summed E-state index contributed by atoms with van der Waals surface area (Å²) in [5.74, 6) is 1.57. The highest BCUT2D eigenvalue weighted by atomic mass is 35.5. The number of hydrogen-bond donors (Lipinski definition) is 2. The van der Waals surface area contributed by atoms with Gasteiger partial charge in [0.1, 0.15) is 17.2 Å². The summed E-state index contributed by atoms with van der Waals surface area (Å²) in [6, 6.07) is 13.2. The minimum Gasteiger partial charge on any atom is -0.408 e. The Morgan fingerprint density at radius 3 is 2.66 bits per heavy atom. The molecule has 1 saturated heterocycles. The first kappa shape index (κ1) is 19.4. The molecule has 2 aromatic carbocycles. The molecule has 0 aliphatic carbocycles. The van der Waals surface area contributed by atoms with E-state index in [1.807, 2.05) is 30.3 Å². The average Bonchev–Trinajstić information content (AvgIpc) is 2.64. The summed E-state index contributed by atoms with van der Waals surface area (Å²) in [4.78, 5) is 22.7. The first-order valence-corrected chi connectivity index (χ1v) is 9.86. The summed E-state index contributed by atoms with van der Waals surface area (Å²) in [6.07, 6.45) is 0.344. The van der Waals surface area contributed by atoms with E-state index in [2.05, 4.69) is 20.2 Å². The Balaban J connectivity index is 1.72. The van der Waals surface area contributed by atoms with Crippen LogP contribution < -0.4 is 15.8 Å². The van der Waals surface area contributed by atoms with E-state index in [1.165, 1.54) is 6.42 Å². The van der Waals surface area contributed by atoms with Crippen molar-refractivity contribution in [1.29, 1.82) is 0 Å². The number of likely N-dealkylation sites (tertiary alicyclic amines) is 1. The van der Waals surface area contributed by atoms with Crippen molar-refractivity contribution < 1.29 is 9.53 Å². The number of para-hydroxylation sites is 1. The molecule has 150 valence electrons. The van der Waals surface area contributed by atoms with Gasteiger partial charge < -0.3 is 20.7 Å². The number of carbonyl (C=O) groups excluding carboxylic acids is 1. The second-order valence-electron chi connectivity index (χ2n) is 7.10. The minimum absolute atomic E-state index is 0.0192. The van der Waals surface area contributed by atoms with Crippen molar-refractivity contribution in [1.82, 2.24) is 14.9 Å². The first-order chi connectivity index (χ1) is 14.0. The molecule has 1 aliphatic rings. The Bertz CT molecular complexity index is 1040. The highest BCUT2D eigenvalue weighted by molar-refractivity contribution is 6.30. The maximum absolute atomic E-state index is 11.3. The van der Waals surface area contributed by atoms with E-state index in [0.29, 0.717) is 27.9 Å². The van der Waals surface area contributed by atoms with Crippen LogP contribution in [-0.4, -0.2) is 40.6 Å². The lowest BCUT2D eigenvalue weighted by atomic mass is 10.0. The molecule has 3 aromatic rings. The van der Waals surface area contributed by atoms with Crippen LogP contribution in [0.2, 0.25) is 5.02 Å². The predicted octanol–water partition coefficient (Wildman–Crippen LogP) is 3.91. The van der Waals surface area contributed by atoms with E-state index in [-0.39, 0.29) is 6.04 Å². The lowest BCUT2D eigenvalue weighted by Crippen LogP contribution is -2.41. The zero-order valence-electron chi connectivity index (χ0n) is 16.1. The maximum atomic E-state index is 11.3. The van der Waals surface area contributed by atoms with Gasteiger partial charge in [0.15, 0.2) is 5.75 Å². The molecule has 3 N–H and O–H groups in total. The van der Waals surface area contributed by atoms with Gasteiger partial charge in [0, 0.05) is 17.0 Å². The summed E-state index contributed by atoms with van der Waals surface area (Å²) in [7, 11) is 0. The zero-order chi connectivity index (χ0) is 20.4. The standard InChI is InChI=1S/C21H22ClN5O2/c1-13-24-19-16(4-2-5-18(19)29-21(23)28)20(25-13)26-17(12-27-10-3-11-27)14-6-8-15(22)9-7-14/h2,4-9,17H,3,10-12H2,1H3,(H2,23,28)(H,24,25,26)/t17-/m1/s1. The molecule has 1 aliphatic heterocycles. The molecule has 0 unspecified atom stereocenters. The number of rotatable bonds is 6. The van der Waals surface area contributed by atoms with Gasteiger partial charge in [-0.25, -0.2) is 14.8 Å². The molecule has 0 radical (unpaired) electrons. The van der Waals surface area contributed by atoms with Crippen LogP contribution in [-0.2, 0) is 0 Å². The fraction of sp³-hybridized carbons (Fsp3) is 0.286. The van der Waals surface area contributed by atoms with Crippen molar-refractivity contribution in [3.63, 3.8) is 0 Å². The van der Waals surface area contributed by atoms with Gasteiger partial charge in [0.05, 0.1) is 6.04 Å². The molecule has 8 heteroatoms. The van der Waals surface area contributed by atoms with Gasteiger partial charge in [0.25, 0.3) is 0 Å². The van der Waals surface area contributed by atoms with E-state index >= 15 is 0 Å². The SMILES string of the molecule is Cc1nc(N[C@H](CN2CCC2)c2ccc(Cl)cc2)c2cccc(OC(N)=O)c2n1. The van der Waals surface area contributed by atoms with E-state index in [9.17, 15) is 4.79 Å². The fourth-order valence-corrected chi connectivity index (χ4v) is 3.58. The number of benzene rings is 2. The quantitative estimate of drug-likeness (QED) is 0.638. The molecule has 7 nitrogen and oxygen atoms in total. The third-order valence-electron chi connectivity index (χ3n) is 4.98. The number of ether oxygens (including phenoxy) is 1. The van der Waals surface area contributed by atoms with Crippen molar-refractivity contribution in [3.8, 4) is 5.75 Å². The van der Waals surface area contributed by atoms with Gasteiger partial charge in [-0.3, -0.25) is 0 Å². The van der Waals surface area contributed by atoms with Crippen molar-refractivity contribution in [2.24, 2.45) is 5.73 Å². The van der Waals surface area contributed by atoms with Gasteiger partial charge in [-0.05, 0) is 56.3 Å². The smallest absolute Gasteiger partial charge is 0.408 e. The molecule has 1 aromatic heterocycles. The van der Waals surface area contributed by atoms with E-state index in [0.717, 1.165) is 30.6 Å². The van der Waals surface area contributed by atoms with Crippen LogP contribution in [0.5, 0.6) is 5.75 Å². The van der Waals surface area contributed by atoms with Crippen LogP contribution in [0, 0.1) is 6.92 Å². The number of halogens is 1. The van der Waals surface area contributed by atoms with Crippen molar-refractivity contribution in [3.05, 3.63) is 58.9 Å². The molecule has 1 fully saturated rings. The number of primary amides is 1. The molecule has 4 rings (SSSR count). The molecule has 29 heavy (non-hydrogen) atoms. The zero-order valence-corrected chi connectivity index (χ0v) is 16.8. The number of anilines is 1. The molecular weight excluding hydrogens is 390 g/mol. The number of aryl methyl sites for hydroxylation is 1. The summed E-state index contributed by atoms with van der Waals surface area (Å²) >= 11 is 6.08. The number of amides is 1. The molecule has 1 atom stereocenters. The Hall–Kier alpha value is -2.90. The number of nitrogens with one attached hydrogen (secondary N) is 1. The maximum Gasteiger partial charge on any atom is 0.410 e. The van der Waals surface area contributed by atoms with Gasteiger partial charge in [0.2, 0.25) is 0 Å². The van der Waals surface area contributed by atoms with Crippen LogP contribution in [0.4, 0.5) is 10.6 Å². The Labute approximate surface area is 173 Å². The van der Waals surface area contributed by atoms with Crippen LogP contribution in [0.25, 0.3) is 10.9 Å². The Morgan fingerprint density at radius 1 is 1.24 bits per heavy atom. The van der Waals surface area contributed by atoms with Crippen molar-refractivity contribution in [2.75, 3.05) is 25.0 Å². The third-order valence-corrected chi connectivity index (χ3v) is 5.24. The minimum atomic E-state index is -0.875. The van der Waals surface area contributed by atoms with E-state index < -0.39 is 6.09 Å². The third kappa shape index (κ3) is 4.41. The summed E-state index contributed by atoms with van der Waals surface area (Å²) in [5, 5.41) is 5.03. The average molecular weight is 412 g/mol. The Kier molecular flexibility index (Phi) is 5.51. The number of carbonyl (C=O) groups is 1. The largest absolute Gasteiger partial charge is 0.410 e. The van der Waals surface area contributed by atoms with Gasteiger partial charge in [-0.2, -0.15) is 0 Å². The monoisotopic (exact) mass is 411 g/mol. The van der Waals surface area contributed by atoms with Crippen LogP contribution in [0.15, 0.2) is 42.5 Å². The van der Waals surface area contributed by atoms with Crippen molar-refractivity contribution in [2.45, 2.75) is 19.4 Å². The number of aromatic nitrogens is 2. The highest BCUT2D eigenvalue weighted by Crippen LogP contribution is 2.31.